The summed E-state index contributed by atoms with van der Waals surface area (Å²) < 4.78 is 0. The summed E-state index contributed by atoms with van der Waals surface area (Å²) in [4.78, 5) is 1.46. The lowest BCUT2D eigenvalue weighted by atomic mass is 9.98. The highest BCUT2D eigenvalue weighted by atomic mass is 32.2. The van der Waals surface area contributed by atoms with E-state index in [4.69, 9.17) is 5.73 Å². The van der Waals surface area contributed by atoms with E-state index in [1.165, 1.54) is 16.9 Å². The number of hydrogen-bond acceptors (Lipinski definition) is 2. The maximum Gasteiger partial charge on any atom is 0.0150 e. The van der Waals surface area contributed by atoms with E-state index in [2.05, 4.69) is 38.1 Å². The van der Waals surface area contributed by atoms with Crippen molar-refractivity contribution in [2.45, 2.75) is 49.3 Å². The van der Waals surface area contributed by atoms with Crippen LogP contribution in [0.1, 0.15) is 32.3 Å². The Morgan fingerprint density at radius 3 is 2.81 bits per heavy atom. The van der Waals surface area contributed by atoms with Crippen molar-refractivity contribution in [2.75, 3.05) is 0 Å². The van der Waals surface area contributed by atoms with E-state index in [9.17, 15) is 0 Å². The fourth-order valence-electron chi connectivity index (χ4n) is 2.42. The van der Waals surface area contributed by atoms with Crippen LogP contribution < -0.4 is 5.73 Å². The molecule has 0 radical (unpaired) electrons. The molecule has 2 rings (SSSR count). The predicted octanol–water partition coefficient (Wildman–Crippen LogP) is 3.47. The number of thioether (sulfide) groups is 1. The fraction of sp³-hybridized carbons (Fsp3) is 0.571. The van der Waals surface area contributed by atoms with Gasteiger partial charge in [0.25, 0.3) is 0 Å². The minimum absolute atomic E-state index is 0.367. The molecule has 0 amide bonds. The van der Waals surface area contributed by atoms with Crippen molar-refractivity contribution in [3.63, 3.8) is 0 Å². The lowest BCUT2D eigenvalue weighted by Gasteiger charge is -2.17. The standard InChI is InChI=1S/C14H21NS/c1-10(2)7-12(15)9-13-8-11-5-3-4-6-14(11)16-13/h3-6,10,12-13H,7-9,15H2,1-2H3. The van der Waals surface area contributed by atoms with Gasteiger partial charge in [-0.3, -0.25) is 0 Å². The topological polar surface area (TPSA) is 26.0 Å². The van der Waals surface area contributed by atoms with Crippen molar-refractivity contribution >= 4 is 11.8 Å². The van der Waals surface area contributed by atoms with E-state index in [1.54, 1.807) is 0 Å². The number of fused-ring (bicyclic) bond motifs is 1. The van der Waals surface area contributed by atoms with E-state index in [-0.39, 0.29) is 0 Å². The molecule has 2 N–H and O–H groups in total. The molecule has 1 aromatic rings. The monoisotopic (exact) mass is 235 g/mol. The summed E-state index contributed by atoms with van der Waals surface area (Å²) in [7, 11) is 0. The molecule has 1 aliphatic heterocycles. The Morgan fingerprint density at radius 2 is 2.12 bits per heavy atom. The summed E-state index contributed by atoms with van der Waals surface area (Å²) >= 11 is 2.01. The maximum atomic E-state index is 6.18. The van der Waals surface area contributed by atoms with Crippen molar-refractivity contribution in [3.8, 4) is 0 Å². The Hall–Kier alpha value is -0.470. The average molecular weight is 235 g/mol. The molecule has 1 aliphatic rings. The second kappa shape index (κ2) is 5.24. The predicted molar refractivity (Wildman–Crippen MR) is 71.8 cm³/mol. The van der Waals surface area contributed by atoms with Gasteiger partial charge in [0.1, 0.15) is 0 Å². The zero-order valence-corrected chi connectivity index (χ0v) is 11.0. The van der Waals surface area contributed by atoms with Crippen molar-refractivity contribution in [1.82, 2.24) is 0 Å². The molecule has 1 aromatic carbocycles. The molecular formula is C14H21NS. The third-order valence-electron chi connectivity index (χ3n) is 3.05. The molecule has 2 unspecified atom stereocenters. The molecule has 0 aliphatic carbocycles. The van der Waals surface area contributed by atoms with Gasteiger partial charge in [-0.05, 0) is 36.8 Å². The van der Waals surface area contributed by atoms with Crippen LogP contribution in [0.2, 0.25) is 0 Å². The zero-order chi connectivity index (χ0) is 11.5. The normalized spacial score (nSPS) is 21.1. The van der Waals surface area contributed by atoms with Gasteiger partial charge in [-0.25, -0.2) is 0 Å². The van der Waals surface area contributed by atoms with E-state index >= 15 is 0 Å². The van der Waals surface area contributed by atoms with Crippen molar-refractivity contribution in [3.05, 3.63) is 29.8 Å². The third-order valence-corrected chi connectivity index (χ3v) is 4.40. The first-order valence-corrected chi connectivity index (χ1v) is 7.03. The smallest absolute Gasteiger partial charge is 0.0150 e. The maximum absolute atomic E-state index is 6.18. The van der Waals surface area contributed by atoms with Gasteiger partial charge in [0.15, 0.2) is 0 Å². The van der Waals surface area contributed by atoms with Crippen molar-refractivity contribution in [2.24, 2.45) is 11.7 Å². The molecule has 1 nitrogen and oxygen atoms in total. The van der Waals surface area contributed by atoms with Crippen LogP contribution in [0.15, 0.2) is 29.2 Å². The molecule has 2 heteroatoms. The Morgan fingerprint density at radius 1 is 1.38 bits per heavy atom. The van der Waals surface area contributed by atoms with E-state index in [0.29, 0.717) is 17.2 Å². The summed E-state index contributed by atoms with van der Waals surface area (Å²) in [6.45, 7) is 4.49. The third kappa shape index (κ3) is 3.02. The van der Waals surface area contributed by atoms with Gasteiger partial charge in [0, 0.05) is 16.2 Å². The molecule has 88 valence electrons. The SMILES string of the molecule is CC(C)CC(N)CC1Cc2ccccc2S1. The van der Waals surface area contributed by atoms with Crippen LogP contribution in [0, 0.1) is 5.92 Å². The summed E-state index contributed by atoms with van der Waals surface area (Å²) in [6, 6.07) is 9.11. The molecule has 1 heterocycles. The van der Waals surface area contributed by atoms with Crippen LogP contribution in [0.5, 0.6) is 0 Å². The first-order chi connectivity index (χ1) is 7.65. The van der Waals surface area contributed by atoms with Gasteiger partial charge in [-0.2, -0.15) is 0 Å². The zero-order valence-electron chi connectivity index (χ0n) is 10.1. The molecular weight excluding hydrogens is 214 g/mol. The first kappa shape index (κ1) is 12.0. The Labute approximate surface area is 103 Å². The van der Waals surface area contributed by atoms with Crippen molar-refractivity contribution in [1.29, 1.82) is 0 Å². The molecule has 0 fully saturated rings. The summed E-state index contributed by atoms with van der Waals surface area (Å²) in [6.07, 6.45) is 3.50. The number of hydrogen-bond donors (Lipinski definition) is 1. The van der Waals surface area contributed by atoms with Crippen molar-refractivity contribution < 1.29 is 0 Å². The van der Waals surface area contributed by atoms with Crippen LogP contribution in [0.25, 0.3) is 0 Å². The van der Waals surface area contributed by atoms with Crippen LogP contribution in [0.3, 0.4) is 0 Å². The highest BCUT2D eigenvalue weighted by Crippen LogP contribution is 2.38. The second-order valence-electron chi connectivity index (χ2n) is 5.18. The average Bonchev–Trinajstić information content (AvgIpc) is 2.57. The summed E-state index contributed by atoms with van der Waals surface area (Å²) in [5, 5.41) is 0.700. The lowest BCUT2D eigenvalue weighted by Crippen LogP contribution is -2.26. The number of nitrogens with two attached hydrogens (primary N) is 1. The molecule has 0 spiro atoms. The van der Waals surface area contributed by atoms with Gasteiger partial charge in [0.2, 0.25) is 0 Å². The van der Waals surface area contributed by atoms with E-state index < -0.39 is 0 Å². The molecule has 0 saturated heterocycles. The highest BCUT2D eigenvalue weighted by Gasteiger charge is 2.23. The molecule has 2 atom stereocenters. The second-order valence-corrected chi connectivity index (χ2v) is 6.52. The molecule has 0 bridgehead atoms. The van der Waals surface area contributed by atoms with Crippen LogP contribution in [-0.4, -0.2) is 11.3 Å². The van der Waals surface area contributed by atoms with E-state index in [0.717, 1.165) is 12.8 Å². The fourth-order valence-corrected chi connectivity index (χ4v) is 3.85. The van der Waals surface area contributed by atoms with Gasteiger partial charge in [0.05, 0.1) is 0 Å². The Kier molecular flexibility index (Phi) is 3.93. The van der Waals surface area contributed by atoms with Gasteiger partial charge in [-0.15, -0.1) is 11.8 Å². The Bertz CT molecular complexity index is 323. The number of rotatable bonds is 4. The van der Waals surface area contributed by atoms with Gasteiger partial charge in [-0.1, -0.05) is 32.0 Å². The highest BCUT2D eigenvalue weighted by molar-refractivity contribution is 8.00. The largest absolute Gasteiger partial charge is 0.328 e. The summed E-state index contributed by atoms with van der Waals surface area (Å²) in [5.74, 6) is 0.712. The molecule has 0 aromatic heterocycles. The van der Waals surface area contributed by atoms with Crippen LogP contribution >= 0.6 is 11.8 Å². The molecule has 16 heavy (non-hydrogen) atoms. The van der Waals surface area contributed by atoms with Crippen LogP contribution in [0.4, 0.5) is 0 Å². The van der Waals surface area contributed by atoms with E-state index in [1.807, 2.05) is 11.8 Å². The summed E-state index contributed by atoms with van der Waals surface area (Å²) in [5.41, 5.74) is 7.68. The van der Waals surface area contributed by atoms with Crippen LogP contribution in [-0.2, 0) is 6.42 Å². The first-order valence-electron chi connectivity index (χ1n) is 6.15. The Balaban J connectivity index is 1.87. The minimum atomic E-state index is 0.367. The number of benzene rings is 1. The minimum Gasteiger partial charge on any atom is -0.328 e. The molecule has 0 saturated carbocycles. The van der Waals surface area contributed by atoms with Gasteiger partial charge < -0.3 is 5.73 Å². The quantitative estimate of drug-likeness (QED) is 0.865. The lowest BCUT2D eigenvalue weighted by molar-refractivity contribution is 0.468. The van der Waals surface area contributed by atoms with Gasteiger partial charge >= 0.3 is 0 Å².